The van der Waals surface area contributed by atoms with Gasteiger partial charge in [0.15, 0.2) is 58.2 Å². The Bertz CT molecular complexity index is 1570. The third-order valence-electron chi connectivity index (χ3n) is 6.83. The summed E-state index contributed by atoms with van der Waals surface area (Å²) < 4.78 is 218. The summed E-state index contributed by atoms with van der Waals surface area (Å²) in [5.74, 6) is -45.2. The minimum absolute atomic E-state index is 0.253. The number of hydrogen-bond acceptors (Lipinski definition) is 0. The number of rotatable bonds is 6. The first-order chi connectivity index (χ1) is 19.6. The molecule has 0 heterocycles. The van der Waals surface area contributed by atoms with Gasteiger partial charge >= 0.3 is 0 Å². The Labute approximate surface area is 225 Å². The van der Waals surface area contributed by atoms with E-state index in [1.807, 2.05) is 0 Å². The molecule has 42 heavy (non-hydrogen) atoms. The minimum Gasteiger partial charge on any atom is -0.207 e. The molecule has 0 aliphatic heterocycles. The van der Waals surface area contributed by atoms with Crippen LogP contribution in [-0.2, 0) is 6.42 Å². The highest BCUT2D eigenvalue weighted by molar-refractivity contribution is 6.86. The fourth-order valence-electron chi connectivity index (χ4n) is 4.97. The Morgan fingerprint density at radius 2 is 0.667 bits per heavy atom. The molecule has 0 spiro atoms. The van der Waals surface area contributed by atoms with Crippen LogP contribution in [0.4, 0.5) is 65.9 Å². The first kappa shape index (κ1) is 30.8. The maximum atomic E-state index is 15.1. The summed E-state index contributed by atoms with van der Waals surface area (Å²) in [6, 6.07) is 5.78. The molecule has 0 fully saturated rings. The van der Waals surface area contributed by atoms with Crippen molar-refractivity contribution in [2.45, 2.75) is 12.2 Å². The lowest BCUT2D eigenvalue weighted by Crippen LogP contribution is -2.55. The summed E-state index contributed by atoms with van der Waals surface area (Å²) in [6.45, 7) is -4.77. The van der Waals surface area contributed by atoms with Crippen molar-refractivity contribution in [1.82, 2.24) is 0 Å². The maximum Gasteiger partial charge on any atom is 0.200 e. The van der Waals surface area contributed by atoms with Gasteiger partial charge in [-0.1, -0.05) is 42.3 Å². The topological polar surface area (TPSA) is 0 Å². The molecule has 0 nitrogen and oxygen atoms in total. The van der Waals surface area contributed by atoms with Crippen LogP contribution in [0.1, 0.15) is 16.9 Å². The summed E-state index contributed by atoms with van der Waals surface area (Å²) in [5, 5.41) is 0. The van der Waals surface area contributed by atoms with E-state index in [0.717, 1.165) is 12.1 Å². The predicted molar refractivity (Wildman–Crippen MR) is 118 cm³/mol. The smallest absolute Gasteiger partial charge is 0.200 e. The number of halogens is 15. The van der Waals surface area contributed by atoms with Crippen molar-refractivity contribution in [2.24, 2.45) is 0 Å². The molecule has 0 saturated heterocycles. The van der Waals surface area contributed by atoms with Crippen LogP contribution >= 0.6 is 0 Å². The zero-order chi connectivity index (χ0) is 31.4. The van der Waals surface area contributed by atoms with E-state index in [0.29, 0.717) is 0 Å². The van der Waals surface area contributed by atoms with Gasteiger partial charge in [-0.2, -0.15) is 0 Å². The van der Waals surface area contributed by atoms with Crippen LogP contribution in [0, 0.1) is 87.3 Å². The first-order valence-electron chi connectivity index (χ1n) is 11.4. The normalized spacial score (nSPS) is 12.4. The summed E-state index contributed by atoms with van der Waals surface area (Å²) in [7, 11) is 0. The van der Waals surface area contributed by atoms with E-state index in [2.05, 4.69) is 0 Å². The monoisotopic (exact) mass is 617 g/mol. The van der Waals surface area contributed by atoms with Crippen LogP contribution in [0.3, 0.4) is 0 Å². The molecule has 0 N–H and O–H groups in total. The van der Waals surface area contributed by atoms with Crippen molar-refractivity contribution in [2.75, 3.05) is 0 Å². The fraction of sp³-hybridized carbons (Fsp3) is 0.0769. The second-order valence-electron chi connectivity index (χ2n) is 9.05. The Morgan fingerprint density at radius 3 is 1.00 bits per heavy atom. The van der Waals surface area contributed by atoms with Crippen LogP contribution in [0.15, 0.2) is 30.3 Å². The highest BCUT2D eigenvalue weighted by Gasteiger charge is 2.39. The second kappa shape index (κ2) is 11.3. The van der Waals surface area contributed by atoms with E-state index in [1.54, 1.807) is 0 Å². The molecule has 0 unspecified atom stereocenters. The molecule has 4 aromatic carbocycles. The van der Waals surface area contributed by atoms with Crippen LogP contribution in [0.2, 0.25) is 0 Å². The predicted octanol–water partition coefficient (Wildman–Crippen LogP) is 6.68. The Morgan fingerprint density at radius 1 is 0.381 bits per heavy atom. The van der Waals surface area contributed by atoms with Gasteiger partial charge in [-0.3, -0.25) is 0 Å². The minimum atomic E-state index is -4.77. The summed E-state index contributed by atoms with van der Waals surface area (Å²) in [5.41, 5.74) is -6.95. The van der Waals surface area contributed by atoms with Gasteiger partial charge in [-0.15, -0.1) is 16.7 Å². The van der Waals surface area contributed by atoms with Crippen LogP contribution in [-0.4, -0.2) is 6.71 Å². The highest BCUT2D eigenvalue weighted by atomic mass is 19.2. The molecule has 0 saturated carbocycles. The SMILES string of the molecule is Fc1c(F)c(F)c([BH-](c2c(F)c(F)c(F)c(F)c2F)[C@H](Cc2ccccc2)c2c(F)c(F)c(F)c(F)c2F)c(F)c1F. The van der Waals surface area contributed by atoms with E-state index < -0.39 is 123 Å². The lowest BCUT2D eigenvalue weighted by atomic mass is 9.31. The van der Waals surface area contributed by atoms with Crippen molar-refractivity contribution in [3.05, 3.63) is 129 Å². The van der Waals surface area contributed by atoms with Gasteiger partial charge in [0, 0.05) is 0 Å². The summed E-state index contributed by atoms with van der Waals surface area (Å²) in [4.78, 5) is 0. The largest absolute Gasteiger partial charge is 0.207 e. The molecule has 0 bridgehead atoms. The molecular formula is C26H9BF15-. The van der Waals surface area contributed by atoms with E-state index in [1.165, 1.54) is 18.2 Å². The third kappa shape index (κ3) is 4.75. The number of hydrogen-bond donors (Lipinski definition) is 0. The van der Waals surface area contributed by atoms with Crippen molar-refractivity contribution >= 4 is 17.6 Å². The van der Waals surface area contributed by atoms with E-state index in [9.17, 15) is 39.5 Å². The highest BCUT2D eigenvalue weighted by Crippen LogP contribution is 2.35. The van der Waals surface area contributed by atoms with Gasteiger partial charge in [0.05, 0.1) is 6.71 Å². The Balaban J connectivity index is 2.27. The molecular weight excluding hydrogens is 608 g/mol. The standard InChI is InChI=1S/C26H9BF15/c28-12-9(13(29)19(35)24(40)18(12)34)8(6-7-4-2-1-3-5-7)27(10-14(30)20(36)25(41)21(37)15(10)31)11-16(32)22(38)26(42)23(39)17(11)33/h1-5,8,27H,6H2/q-1/t8-/m1/s1. The summed E-state index contributed by atoms with van der Waals surface area (Å²) >= 11 is 0. The zero-order valence-corrected chi connectivity index (χ0v) is 20.0. The molecule has 0 amide bonds. The van der Waals surface area contributed by atoms with Crippen LogP contribution in [0.25, 0.3) is 0 Å². The molecule has 0 radical (unpaired) electrons. The average Bonchev–Trinajstić information content (AvgIpc) is 2.98. The van der Waals surface area contributed by atoms with E-state index in [-0.39, 0.29) is 5.56 Å². The van der Waals surface area contributed by atoms with Crippen LogP contribution < -0.4 is 10.9 Å². The van der Waals surface area contributed by atoms with Gasteiger partial charge in [-0.25, -0.2) is 65.9 Å². The lowest BCUT2D eigenvalue weighted by Gasteiger charge is -2.37. The van der Waals surface area contributed by atoms with Gasteiger partial charge in [-0.05, 0) is 5.56 Å². The molecule has 0 aromatic heterocycles. The molecule has 0 aliphatic rings. The number of benzene rings is 4. The fourth-order valence-corrected chi connectivity index (χ4v) is 4.97. The first-order valence-corrected chi connectivity index (χ1v) is 11.4. The maximum absolute atomic E-state index is 15.1. The van der Waals surface area contributed by atoms with Gasteiger partial charge in [0.2, 0.25) is 5.82 Å². The van der Waals surface area contributed by atoms with Crippen molar-refractivity contribution in [3.63, 3.8) is 0 Å². The Kier molecular flexibility index (Phi) is 8.29. The van der Waals surface area contributed by atoms with Crippen molar-refractivity contribution in [3.8, 4) is 0 Å². The molecule has 1 atom stereocenters. The van der Waals surface area contributed by atoms with Gasteiger partial charge < -0.3 is 0 Å². The van der Waals surface area contributed by atoms with E-state index >= 15 is 26.3 Å². The second-order valence-corrected chi connectivity index (χ2v) is 9.05. The van der Waals surface area contributed by atoms with Gasteiger partial charge in [0.1, 0.15) is 23.3 Å². The molecule has 4 rings (SSSR count). The average molecular weight is 617 g/mol. The zero-order valence-electron chi connectivity index (χ0n) is 20.0. The molecule has 0 aliphatic carbocycles. The Hall–Kier alpha value is -4.11. The molecule has 222 valence electrons. The van der Waals surface area contributed by atoms with Gasteiger partial charge in [0.25, 0.3) is 0 Å². The third-order valence-corrected chi connectivity index (χ3v) is 6.83. The summed E-state index contributed by atoms with van der Waals surface area (Å²) in [6.07, 6.45) is -1.24. The van der Waals surface area contributed by atoms with Crippen LogP contribution in [0.5, 0.6) is 0 Å². The van der Waals surface area contributed by atoms with Crippen molar-refractivity contribution in [1.29, 1.82) is 0 Å². The quantitative estimate of drug-likeness (QED) is 0.0981. The molecule has 16 heteroatoms. The molecule has 4 aromatic rings. The lowest BCUT2D eigenvalue weighted by molar-refractivity contribution is 0.368. The van der Waals surface area contributed by atoms with Crippen molar-refractivity contribution < 1.29 is 65.9 Å². The van der Waals surface area contributed by atoms with E-state index in [4.69, 9.17) is 0 Å².